The van der Waals surface area contributed by atoms with E-state index < -0.39 is 0 Å². The number of thioether (sulfide) groups is 1. The van der Waals surface area contributed by atoms with Crippen LogP contribution in [-0.4, -0.2) is 54.2 Å². The van der Waals surface area contributed by atoms with E-state index in [-0.39, 0.29) is 41.2 Å². The zero-order valence-corrected chi connectivity index (χ0v) is 23.5. The topological polar surface area (TPSA) is 85.7 Å². The maximum atomic E-state index is 14.0. The second kappa shape index (κ2) is 11.3. The van der Waals surface area contributed by atoms with Crippen LogP contribution in [0.15, 0.2) is 72.8 Å². The molecular weight excluding hydrogens is 543 g/mol. The summed E-state index contributed by atoms with van der Waals surface area (Å²) in [6.45, 7) is -0.150. The summed E-state index contributed by atoms with van der Waals surface area (Å²) in [7, 11) is 3.17. The molecule has 8 nitrogen and oxygen atoms in total. The average molecular weight is 573 g/mol. The molecule has 1 aliphatic carbocycles. The summed E-state index contributed by atoms with van der Waals surface area (Å²) in [5, 5.41) is 7.68. The van der Waals surface area contributed by atoms with Crippen LogP contribution in [0.3, 0.4) is 0 Å². The van der Waals surface area contributed by atoms with Crippen molar-refractivity contribution in [1.82, 2.24) is 15.1 Å². The summed E-state index contributed by atoms with van der Waals surface area (Å²) in [4.78, 5) is 28.4. The summed E-state index contributed by atoms with van der Waals surface area (Å²) >= 11 is 1.46. The Kier molecular flexibility index (Phi) is 7.40. The Morgan fingerprint density at radius 1 is 1.02 bits per heavy atom. The number of fused-ring (bicyclic) bond motifs is 1. The molecule has 1 aromatic heterocycles. The lowest BCUT2D eigenvalue weighted by Crippen LogP contribution is -2.43. The number of benzene rings is 3. The van der Waals surface area contributed by atoms with Gasteiger partial charge >= 0.3 is 0 Å². The molecule has 1 aliphatic heterocycles. The number of hydrogen-bond acceptors (Lipinski definition) is 6. The van der Waals surface area contributed by atoms with Crippen molar-refractivity contribution in [3.05, 3.63) is 89.7 Å². The third-order valence-corrected chi connectivity index (χ3v) is 8.42. The number of methoxy groups -OCH3 is 2. The van der Waals surface area contributed by atoms with Gasteiger partial charge in [0.15, 0.2) is 11.5 Å². The number of carbonyl (C=O) groups excluding carboxylic acids is 2. The highest BCUT2D eigenvalue weighted by molar-refractivity contribution is 8.00. The van der Waals surface area contributed by atoms with Gasteiger partial charge in [-0.25, -0.2) is 9.07 Å². The van der Waals surface area contributed by atoms with Gasteiger partial charge in [-0.1, -0.05) is 36.4 Å². The van der Waals surface area contributed by atoms with E-state index in [2.05, 4.69) is 5.32 Å². The summed E-state index contributed by atoms with van der Waals surface area (Å²) in [5.74, 6) is 0.956. The van der Waals surface area contributed by atoms with Crippen LogP contribution in [0.1, 0.15) is 29.2 Å². The standard InChI is InChI=1S/C31H29FN4O4S/c1-39-24-15-8-20(16-25(24)40-2)30-28-29(19-6-4-3-5-7-19)34-36(23-13-9-21(32)10-14-23)31(28)35(27(38)18-41-30)17-26(37)33-22-11-12-22/h3-10,13-16,22,30H,11-12,17-18H2,1-2H3,(H,33,37)/t30-/m1/s1. The van der Waals surface area contributed by atoms with Crippen LogP contribution < -0.4 is 19.7 Å². The number of nitrogens with one attached hydrogen (secondary N) is 1. The van der Waals surface area contributed by atoms with Crippen LogP contribution in [0.25, 0.3) is 16.9 Å². The molecule has 210 valence electrons. The lowest BCUT2D eigenvalue weighted by molar-refractivity contribution is -0.123. The Balaban J connectivity index is 1.60. The van der Waals surface area contributed by atoms with Crippen molar-refractivity contribution in [3.8, 4) is 28.4 Å². The number of amides is 2. The molecule has 0 radical (unpaired) electrons. The van der Waals surface area contributed by atoms with Crippen molar-refractivity contribution in [2.24, 2.45) is 0 Å². The molecule has 1 fully saturated rings. The van der Waals surface area contributed by atoms with E-state index in [1.807, 2.05) is 48.5 Å². The minimum absolute atomic E-state index is 0.141. The molecule has 1 saturated carbocycles. The van der Waals surface area contributed by atoms with Crippen molar-refractivity contribution in [1.29, 1.82) is 0 Å². The van der Waals surface area contributed by atoms with Crippen LogP contribution in [0.2, 0.25) is 0 Å². The number of nitrogens with zero attached hydrogens (tertiary/aromatic N) is 3. The fraction of sp³-hybridized carbons (Fsp3) is 0.258. The first-order chi connectivity index (χ1) is 20.0. The number of rotatable bonds is 8. The number of carbonyl (C=O) groups is 2. The summed E-state index contributed by atoms with van der Waals surface area (Å²) in [5.41, 5.74) is 3.76. The van der Waals surface area contributed by atoms with Gasteiger partial charge in [-0.15, -0.1) is 11.8 Å². The Bertz CT molecular complexity index is 1590. The molecule has 3 aromatic carbocycles. The van der Waals surface area contributed by atoms with E-state index >= 15 is 0 Å². The van der Waals surface area contributed by atoms with Crippen molar-refractivity contribution < 1.29 is 23.5 Å². The highest BCUT2D eigenvalue weighted by Gasteiger charge is 2.38. The molecule has 2 amide bonds. The predicted molar refractivity (Wildman–Crippen MR) is 156 cm³/mol. The second-order valence-electron chi connectivity index (χ2n) is 9.97. The molecule has 1 N–H and O–H groups in total. The minimum atomic E-state index is -0.384. The zero-order chi connectivity index (χ0) is 28.5. The van der Waals surface area contributed by atoms with Gasteiger partial charge in [-0.3, -0.25) is 14.5 Å². The van der Waals surface area contributed by atoms with Crippen LogP contribution >= 0.6 is 11.8 Å². The van der Waals surface area contributed by atoms with Gasteiger partial charge in [0, 0.05) is 17.2 Å². The minimum Gasteiger partial charge on any atom is -0.493 e. The van der Waals surface area contributed by atoms with Gasteiger partial charge in [0.25, 0.3) is 0 Å². The fourth-order valence-electron chi connectivity index (χ4n) is 5.01. The quantitative estimate of drug-likeness (QED) is 0.315. The van der Waals surface area contributed by atoms with E-state index in [4.69, 9.17) is 14.6 Å². The number of ether oxygens (including phenoxy) is 2. The van der Waals surface area contributed by atoms with Crippen LogP contribution in [0.5, 0.6) is 11.5 Å². The molecule has 10 heteroatoms. The third-order valence-electron chi connectivity index (χ3n) is 7.16. The first kappa shape index (κ1) is 26.9. The first-order valence-electron chi connectivity index (χ1n) is 13.3. The normalized spacial score (nSPS) is 16.6. The Morgan fingerprint density at radius 2 is 1.76 bits per heavy atom. The van der Waals surface area contributed by atoms with Crippen molar-refractivity contribution in [2.75, 3.05) is 31.4 Å². The first-order valence-corrected chi connectivity index (χ1v) is 14.4. The van der Waals surface area contributed by atoms with Crippen molar-refractivity contribution >= 4 is 29.4 Å². The molecule has 2 heterocycles. The van der Waals surface area contributed by atoms with Crippen molar-refractivity contribution in [3.63, 3.8) is 0 Å². The monoisotopic (exact) mass is 572 g/mol. The van der Waals surface area contributed by atoms with Gasteiger partial charge in [0.05, 0.1) is 36.6 Å². The van der Waals surface area contributed by atoms with Gasteiger partial charge < -0.3 is 14.8 Å². The number of hydrogen-bond donors (Lipinski definition) is 1. The lowest BCUT2D eigenvalue weighted by Gasteiger charge is -2.23. The molecule has 2 aliphatic rings. The average Bonchev–Trinajstić information content (AvgIpc) is 3.75. The van der Waals surface area contributed by atoms with Crippen LogP contribution in [-0.2, 0) is 9.59 Å². The van der Waals surface area contributed by atoms with E-state index in [0.717, 1.165) is 29.5 Å². The van der Waals surface area contributed by atoms with E-state index in [1.54, 1.807) is 31.0 Å². The molecule has 0 bridgehead atoms. The SMILES string of the molecule is COc1ccc([C@H]2SCC(=O)N(CC(=O)NC3CC3)c3c2c(-c2ccccc2)nn3-c2ccc(F)cc2)cc1OC. The maximum absolute atomic E-state index is 14.0. The molecular formula is C31H29FN4O4S. The predicted octanol–water partition coefficient (Wildman–Crippen LogP) is 5.14. The van der Waals surface area contributed by atoms with E-state index in [9.17, 15) is 14.0 Å². The second-order valence-corrected chi connectivity index (χ2v) is 11.1. The molecule has 41 heavy (non-hydrogen) atoms. The Labute approximate surface area is 241 Å². The number of aromatic nitrogens is 2. The van der Waals surface area contributed by atoms with E-state index in [0.29, 0.717) is 28.7 Å². The summed E-state index contributed by atoms with van der Waals surface area (Å²) in [6, 6.07) is 21.5. The largest absolute Gasteiger partial charge is 0.493 e. The molecule has 0 spiro atoms. The fourth-order valence-corrected chi connectivity index (χ4v) is 6.20. The molecule has 1 atom stereocenters. The Morgan fingerprint density at radius 3 is 2.44 bits per heavy atom. The third kappa shape index (κ3) is 5.39. The lowest BCUT2D eigenvalue weighted by atomic mass is 9.99. The molecule has 0 saturated heterocycles. The van der Waals surface area contributed by atoms with Gasteiger partial charge in [0.2, 0.25) is 11.8 Å². The van der Waals surface area contributed by atoms with Gasteiger partial charge in [-0.05, 0) is 54.8 Å². The Hall–Kier alpha value is -4.31. The molecule has 0 unspecified atom stereocenters. The zero-order valence-electron chi connectivity index (χ0n) is 22.7. The molecule has 4 aromatic rings. The highest BCUT2D eigenvalue weighted by Crippen LogP contribution is 2.49. The van der Waals surface area contributed by atoms with Crippen LogP contribution in [0.4, 0.5) is 10.2 Å². The van der Waals surface area contributed by atoms with Gasteiger partial charge in [-0.2, -0.15) is 5.10 Å². The molecule has 6 rings (SSSR count). The van der Waals surface area contributed by atoms with Gasteiger partial charge in [0.1, 0.15) is 18.2 Å². The van der Waals surface area contributed by atoms with E-state index in [1.165, 1.54) is 28.8 Å². The maximum Gasteiger partial charge on any atom is 0.240 e. The summed E-state index contributed by atoms with van der Waals surface area (Å²) in [6.07, 6.45) is 1.88. The summed E-state index contributed by atoms with van der Waals surface area (Å²) < 4.78 is 26.7. The smallest absolute Gasteiger partial charge is 0.240 e. The van der Waals surface area contributed by atoms with Crippen molar-refractivity contribution in [2.45, 2.75) is 24.1 Å². The number of halogens is 1. The number of anilines is 1. The highest BCUT2D eigenvalue weighted by atomic mass is 32.2. The van der Waals surface area contributed by atoms with Crippen LogP contribution in [0, 0.1) is 5.82 Å².